The molecule has 0 saturated carbocycles. The van der Waals surface area contributed by atoms with Gasteiger partial charge in [-0.2, -0.15) is 0 Å². The van der Waals surface area contributed by atoms with Gasteiger partial charge < -0.3 is 5.11 Å². The summed E-state index contributed by atoms with van der Waals surface area (Å²) in [6, 6.07) is 17.9. The predicted octanol–water partition coefficient (Wildman–Crippen LogP) is 3.90. The number of nitrogens with one attached hydrogen (secondary N) is 1. The van der Waals surface area contributed by atoms with Gasteiger partial charge in [0.05, 0.1) is 0 Å². The van der Waals surface area contributed by atoms with Gasteiger partial charge in [-0.05, 0) is 17.5 Å². The smallest absolute Gasteiger partial charge is 0.120 e. The highest BCUT2D eigenvalue weighted by molar-refractivity contribution is 6.01. The molecule has 1 aliphatic rings. The van der Waals surface area contributed by atoms with E-state index in [0.29, 0.717) is 11.7 Å². The van der Waals surface area contributed by atoms with Crippen LogP contribution in [0, 0.1) is 5.92 Å². The molecule has 22 heavy (non-hydrogen) atoms. The average molecular weight is 294 g/mol. The highest BCUT2D eigenvalue weighted by atomic mass is 16.3. The summed E-state index contributed by atoms with van der Waals surface area (Å²) < 4.78 is 0. The van der Waals surface area contributed by atoms with E-state index in [4.69, 9.17) is 4.99 Å². The second kappa shape index (κ2) is 6.32. The van der Waals surface area contributed by atoms with E-state index in [2.05, 4.69) is 31.3 Å². The summed E-state index contributed by atoms with van der Waals surface area (Å²) >= 11 is 0. The van der Waals surface area contributed by atoms with Crippen LogP contribution in [0.5, 0.6) is 5.75 Å². The average Bonchev–Trinajstić information content (AvgIpc) is 2.55. The number of aromatic hydroxyl groups is 1. The second-order valence-electron chi connectivity index (χ2n) is 6.11. The third kappa shape index (κ3) is 3.04. The maximum Gasteiger partial charge on any atom is 0.120 e. The monoisotopic (exact) mass is 294 g/mol. The zero-order valence-electron chi connectivity index (χ0n) is 13.0. The molecule has 2 atom stereocenters. The molecule has 0 fully saturated rings. The summed E-state index contributed by atoms with van der Waals surface area (Å²) in [6.45, 7) is 4.33. The summed E-state index contributed by atoms with van der Waals surface area (Å²) in [5, 5.41) is 13.7. The van der Waals surface area contributed by atoms with Gasteiger partial charge >= 0.3 is 0 Å². The van der Waals surface area contributed by atoms with Gasteiger partial charge in [-0.15, -0.1) is 0 Å². The van der Waals surface area contributed by atoms with E-state index in [1.54, 1.807) is 6.07 Å². The quantitative estimate of drug-likeness (QED) is 0.901. The lowest BCUT2D eigenvalue weighted by Crippen LogP contribution is -2.41. The highest BCUT2D eigenvalue weighted by Gasteiger charge is 2.27. The van der Waals surface area contributed by atoms with E-state index >= 15 is 0 Å². The first-order valence-corrected chi connectivity index (χ1v) is 7.81. The molecule has 0 saturated heterocycles. The minimum atomic E-state index is 0.0635. The Kier molecular flexibility index (Phi) is 4.25. The molecule has 0 amide bonds. The Labute approximate surface area is 131 Å². The molecule has 2 aromatic rings. The first kappa shape index (κ1) is 14.8. The van der Waals surface area contributed by atoms with Crippen molar-refractivity contribution in [3.05, 3.63) is 65.7 Å². The molecule has 0 aliphatic carbocycles. The Morgan fingerprint density at radius 3 is 2.41 bits per heavy atom. The lowest BCUT2D eigenvalue weighted by Gasteiger charge is -2.32. The Hall–Kier alpha value is -2.13. The van der Waals surface area contributed by atoms with Gasteiger partial charge in [0.1, 0.15) is 11.9 Å². The van der Waals surface area contributed by atoms with E-state index < -0.39 is 0 Å². The van der Waals surface area contributed by atoms with Crippen LogP contribution in [0.25, 0.3) is 0 Å². The highest BCUT2D eigenvalue weighted by Crippen LogP contribution is 2.31. The fourth-order valence-electron chi connectivity index (χ4n) is 2.86. The Balaban J connectivity index is 1.96. The van der Waals surface area contributed by atoms with Gasteiger partial charge in [0, 0.05) is 23.7 Å². The van der Waals surface area contributed by atoms with Crippen molar-refractivity contribution < 1.29 is 5.11 Å². The third-order valence-electron chi connectivity index (χ3n) is 4.11. The van der Waals surface area contributed by atoms with E-state index in [1.165, 1.54) is 0 Å². The van der Waals surface area contributed by atoms with Crippen molar-refractivity contribution in [2.24, 2.45) is 10.9 Å². The number of nitrogens with zero attached hydrogens (tertiary/aromatic N) is 1. The number of phenolic OH excluding ortho intramolecular Hbond substituents is 1. The molecule has 0 radical (unpaired) electrons. The van der Waals surface area contributed by atoms with Gasteiger partial charge in [0.15, 0.2) is 0 Å². The van der Waals surface area contributed by atoms with Gasteiger partial charge in [-0.3, -0.25) is 10.3 Å². The van der Waals surface area contributed by atoms with Gasteiger partial charge in [-0.1, -0.05) is 62.4 Å². The normalized spacial score (nSPS) is 21.7. The molecule has 1 aliphatic heterocycles. The molecule has 0 unspecified atom stereocenters. The minimum absolute atomic E-state index is 0.0635. The van der Waals surface area contributed by atoms with E-state index in [1.807, 2.05) is 36.4 Å². The Morgan fingerprint density at radius 2 is 1.73 bits per heavy atom. The van der Waals surface area contributed by atoms with E-state index in [9.17, 15) is 5.11 Å². The fraction of sp³-hybridized carbons (Fsp3) is 0.316. The number of hydrogen-bond donors (Lipinski definition) is 2. The van der Waals surface area contributed by atoms with Crippen LogP contribution in [0.1, 0.15) is 37.4 Å². The molecule has 0 aromatic heterocycles. The van der Waals surface area contributed by atoms with Gasteiger partial charge in [-0.25, -0.2) is 0 Å². The van der Waals surface area contributed by atoms with Crippen LogP contribution in [0.15, 0.2) is 59.6 Å². The first-order chi connectivity index (χ1) is 10.6. The summed E-state index contributed by atoms with van der Waals surface area (Å²) in [5.74, 6) is 0.740. The van der Waals surface area contributed by atoms with Crippen LogP contribution in [-0.4, -0.2) is 17.0 Å². The summed E-state index contributed by atoms with van der Waals surface area (Å²) in [6.07, 6.45) is 0.846. The van der Waals surface area contributed by atoms with Crippen LogP contribution in [0.4, 0.5) is 0 Å². The van der Waals surface area contributed by atoms with Gasteiger partial charge in [0.2, 0.25) is 0 Å². The molecule has 1 heterocycles. The molecule has 2 aromatic carbocycles. The maximum absolute atomic E-state index is 10.2. The largest absolute Gasteiger partial charge is 0.508 e. The van der Waals surface area contributed by atoms with Crippen LogP contribution >= 0.6 is 0 Å². The second-order valence-corrected chi connectivity index (χ2v) is 6.11. The van der Waals surface area contributed by atoms with Crippen molar-refractivity contribution in [3.63, 3.8) is 0 Å². The predicted molar refractivity (Wildman–Crippen MR) is 90.2 cm³/mol. The SMILES string of the molecule is CC(C)[C@@H]1N=C(c2ccccc2)C[C@@H](c2ccccc2O)N1. The molecule has 3 rings (SSSR count). The molecule has 0 bridgehead atoms. The van der Waals surface area contributed by atoms with Crippen LogP contribution in [0.3, 0.4) is 0 Å². The molecule has 3 heteroatoms. The lowest BCUT2D eigenvalue weighted by molar-refractivity contribution is 0.345. The summed E-state index contributed by atoms with van der Waals surface area (Å²) in [7, 11) is 0. The van der Waals surface area contributed by atoms with E-state index in [0.717, 1.165) is 23.3 Å². The van der Waals surface area contributed by atoms with Crippen molar-refractivity contribution in [2.75, 3.05) is 0 Å². The number of rotatable bonds is 3. The molecule has 0 spiro atoms. The lowest BCUT2D eigenvalue weighted by atomic mass is 9.93. The molecule has 2 N–H and O–H groups in total. The van der Waals surface area contributed by atoms with Crippen molar-refractivity contribution in [1.82, 2.24) is 5.32 Å². The number of aliphatic imine (C=N–C) groups is 1. The molecular formula is C19H22N2O. The van der Waals surface area contributed by atoms with Crippen molar-refractivity contribution in [2.45, 2.75) is 32.5 Å². The van der Waals surface area contributed by atoms with Crippen molar-refractivity contribution in [1.29, 1.82) is 0 Å². The molecule has 114 valence electrons. The van der Waals surface area contributed by atoms with Crippen LogP contribution < -0.4 is 5.32 Å². The zero-order valence-corrected chi connectivity index (χ0v) is 13.0. The van der Waals surface area contributed by atoms with E-state index in [-0.39, 0.29) is 12.2 Å². The molecular weight excluding hydrogens is 272 g/mol. The zero-order chi connectivity index (χ0) is 15.5. The van der Waals surface area contributed by atoms with Crippen molar-refractivity contribution in [3.8, 4) is 5.75 Å². The summed E-state index contributed by atoms with van der Waals surface area (Å²) in [5.41, 5.74) is 3.21. The topological polar surface area (TPSA) is 44.6 Å². The Bertz CT molecular complexity index is 664. The fourth-order valence-corrected chi connectivity index (χ4v) is 2.86. The number of para-hydroxylation sites is 1. The standard InChI is InChI=1S/C19H22N2O/c1-13(2)19-20-16(14-8-4-3-5-9-14)12-17(21-19)15-10-6-7-11-18(15)22/h3-11,13,17,19,21-22H,12H2,1-2H3/t17-,19+/m0/s1. The minimum Gasteiger partial charge on any atom is -0.508 e. The van der Waals surface area contributed by atoms with Crippen molar-refractivity contribution >= 4 is 5.71 Å². The van der Waals surface area contributed by atoms with Crippen LogP contribution in [-0.2, 0) is 0 Å². The van der Waals surface area contributed by atoms with Gasteiger partial charge in [0.25, 0.3) is 0 Å². The molecule has 3 nitrogen and oxygen atoms in total. The number of phenols is 1. The number of benzene rings is 2. The maximum atomic E-state index is 10.2. The van der Waals surface area contributed by atoms with Crippen LogP contribution in [0.2, 0.25) is 0 Å². The Morgan fingerprint density at radius 1 is 1.05 bits per heavy atom. The summed E-state index contributed by atoms with van der Waals surface area (Å²) in [4.78, 5) is 4.88. The first-order valence-electron chi connectivity index (χ1n) is 7.81. The third-order valence-corrected chi connectivity index (χ3v) is 4.11. The number of hydrogen-bond acceptors (Lipinski definition) is 3.